The van der Waals surface area contributed by atoms with Gasteiger partial charge in [-0.1, -0.05) is 11.6 Å². The van der Waals surface area contributed by atoms with Crippen LogP contribution >= 0.6 is 11.6 Å². The van der Waals surface area contributed by atoms with Crippen molar-refractivity contribution in [2.75, 3.05) is 18.1 Å². The van der Waals surface area contributed by atoms with E-state index in [4.69, 9.17) is 11.6 Å². The van der Waals surface area contributed by atoms with Gasteiger partial charge in [0.2, 0.25) is 15.9 Å². The molecule has 0 radical (unpaired) electrons. The van der Waals surface area contributed by atoms with Crippen molar-refractivity contribution in [1.82, 2.24) is 10.0 Å². The number of sulfonamides is 1. The molecule has 2 rings (SSSR count). The molecule has 1 aromatic carbocycles. The van der Waals surface area contributed by atoms with Crippen LogP contribution in [0.25, 0.3) is 0 Å². The highest BCUT2D eigenvalue weighted by atomic mass is 35.5. The van der Waals surface area contributed by atoms with Crippen molar-refractivity contribution < 1.29 is 21.6 Å². The minimum atomic E-state index is -3.70. The number of halogens is 1. The number of rotatable bonds is 6. The van der Waals surface area contributed by atoms with Gasteiger partial charge >= 0.3 is 0 Å². The molecule has 0 aliphatic carbocycles. The Morgan fingerprint density at radius 2 is 1.91 bits per heavy atom. The summed E-state index contributed by atoms with van der Waals surface area (Å²) in [6, 6.07) is 5.27. The number of carbonyl (C=O) groups is 1. The van der Waals surface area contributed by atoms with E-state index in [1.165, 1.54) is 24.3 Å². The highest BCUT2D eigenvalue weighted by Crippen LogP contribution is 2.14. The summed E-state index contributed by atoms with van der Waals surface area (Å²) in [5.41, 5.74) is 0. The van der Waals surface area contributed by atoms with Crippen LogP contribution in [0.15, 0.2) is 29.2 Å². The highest BCUT2D eigenvalue weighted by Gasteiger charge is 2.28. The molecule has 0 spiro atoms. The van der Waals surface area contributed by atoms with E-state index in [9.17, 15) is 21.6 Å². The Kier molecular flexibility index (Phi) is 5.66. The lowest BCUT2D eigenvalue weighted by Gasteiger charge is -2.11. The van der Waals surface area contributed by atoms with Gasteiger partial charge in [-0.3, -0.25) is 4.79 Å². The SMILES string of the molecule is O=C(CCNS(=O)(=O)c1ccc(Cl)cc1)N[C@@H]1CCS(=O)(=O)C1. The molecule has 2 N–H and O–H groups in total. The van der Waals surface area contributed by atoms with E-state index in [0.29, 0.717) is 11.4 Å². The normalized spacial score (nSPS) is 20.3. The van der Waals surface area contributed by atoms with E-state index in [1.54, 1.807) is 0 Å². The molecule has 0 aromatic heterocycles. The van der Waals surface area contributed by atoms with Gasteiger partial charge in [-0.05, 0) is 30.7 Å². The maximum atomic E-state index is 12.0. The second kappa shape index (κ2) is 7.16. The second-order valence-electron chi connectivity index (χ2n) is 5.27. The molecule has 23 heavy (non-hydrogen) atoms. The van der Waals surface area contributed by atoms with Crippen LogP contribution < -0.4 is 10.0 Å². The molecule has 0 bridgehead atoms. The van der Waals surface area contributed by atoms with Crippen LogP contribution in [0.2, 0.25) is 5.02 Å². The zero-order valence-electron chi connectivity index (χ0n) is 12.2. The molecular formula is C13H17ClN2O5S2. The van der Waals surface area contributed by atoms with Crippen LogP contribution in [-0.2, 0) is 24.7 Å². The number of hydrogen-bond donors (Lipinski definition) is 2. The predicted molar refractivity (Wildman–Crippen MR) is 86.5 cm³/mol. The number of amides is 1. The van der Waals surface area contributed by atoms with E-state index in [1.807, 2.05) is 0 Å². The van der Waals surface area contributed by atoms with E-state index < -0.39 is 19.9 Å². The number of hydrogen-bond acceptors (Lipinski definition) is 5. The zero-order valence-corrected chi connectivity index (χ0v) is 14.5. The molecule has 1 fully saturated rings. The maximum Gasteiger partial charge on any atom is 0.240 e. The number of carbonyl (C=O) groups excluding carboxylic acids is 1. The summed E-state index contributed by atoms with van der Waals surface area (Å²) in [7, 11) is -6.76. The van der Waals surface area contributed by atoms with Gasteiger partial charge in [0.05, 0.1) is 16.4 Å². The van der Waals surface area contributed by atoms with Gasteiger partial charge in [0.1, 0.15) is 0 Å². The average molecular weight is 381 g/mol. The largest absolute Gasteiger partial charge is 0.352 e. The maximum absolute atomic E-state index is 12.0. The lowest BCUT2D eigenvalue weighted by Crippen LogP contribution is -2.37. The third kappa shape index (κ3) is 5.45. The molecule has 0 unspecified atom stereocenters. The molecule has 128 valence electrons. The van der Waals surface area contributed by atoms with Crippen molar-refractivity contribution in [3.8, 4) is 0 Å². The fraction of sp³-hybridized carbons (Fsp3) is 0.462. The van der Waals surface area contributed by atoms with Crippen LogP contribution in [0.5, 0.6) is 0 Å². The first-order valence-corrected chi connectivity index (χ1v) is 10.6. The topological polar surface area (TPSA) is 109 Å². The first-order chi connectivity index (χ1) is 10.7. The highest BCUT2D eigenvalue weighted by molar-refractivity contribution is 7.91. The fourth-order valence-corrected chi connectivity index (χ4v) is 5.04. The summed E-state index contributed by atoms with van der Waals surface area (Å²) < 4.78 is 48.9. The standard InChI is InChI=1S/C13H17ClN2O5S2/c14-10-1-3-12(4-2-10)23(20,21)15-7-5-13(17)16-11-6-8-22(18,19)9-11/h1-4,11,15H,5-9H2,(H,16,17)/t11-/m1/s1. The monoisotopic (exact) mass is 380 g/mol. The smallest absolute Gasteiger partial charge is 0.240 e. The zero-order chi connectivity index (χ0) is 17.1. The minimum Gasteiger partial charge on any atom is -0.352 e. The molecule has 1 atom stereocenters. The second-order valence-corrected chi connectivity index (χ2v) is 9.70. The summed E-state index contributed by atoms with van der Waals surface area (Å²) in [4.78, 5) is 11.8. The minimum absolute atomic E-state index is 0.0594. The molecule has 1 aliphatic heterocycles. The van der Waals surface area contributed by atoms with Crippen molar-refractivity contribution >= 4 is 37.4 Å². The van der Waals surface area contributed by atoms with E-state index in [2.05, 4.69) is 10.0 Å². The lowest BCUT2D eigenvalue weighted by molar-refractivity contribution is -0.121. The third-order valence-electron chi connectivity index (χ3n) is 3.37. The van der Waals surface area contributed by atoms with Crippen LogP contribution in [0.3, 0.4) is 0 Å². The van der Waals surface area contributed by atoms with Gasteiger partial charge < -0.3 is 5.32 Å². The Bertz CT molecular complexity index is 775. The molecule has 1 amide bonds. The van der Waals surface area contributed by atoms with Gasteiger partial charge in [-0.2, -0.15) is 0 Å². The van der Waals surface area contributed by atoms with Gasteiger partial charge in [0.15, 0.2) is 9.84 Å². The van der Waals surface area contributed by atoms with E-state index in [-0.39, 0.29) is 41.3 Å². The van der Waals surface area contributed by atoms with Crippen molar-refractivity contribution in [3.63, 3.8) is 0 Å². The predicted octanol–water partition coefficient (Wildman–Crippen LogP) is 0.312. The first kappa shape index (κ1) is 18.2. The van der Waals surface area contributed by atoms with Crippen LogP contribution in [0, 0.1) is 0 Å². The Morgan fingerprint density at radius 3 is 2.48 bits per heavy atom. The molecule has 1 aromatic rings. The van der Waals surface area contributed by atoms with Crippen LogP contribution in [0.4, 0.5) is 0 Å². The molecule has 1 saturated heterocycles. The summed E-state index contributed by atoms with van der Waals surface area (Å²) in [5.74, 6) is -0.373. The quantitative estimate of drug-likeness (QED) is 0.738. The fourth-order valence-electron chi connectivity index (χ4n) is 2.20. The molecule has 1 heterocycles. The number of sulfone groups is 1. The van der Waals surface area contributed by atoms with Crippen molar-refractivity contribution in [1.29, 1.82) is 0 Å². The summed E-state index contributed by atoms with van der Waals surface area (Å²) in [5, 5.41) is 3.02. The summed E-state index contributed by atoms with van der Waals surface area (Å²) in [6.07, 6.45) is 0.327. The van der Waals surface area contributed by atoms with Crippen molar-refractivity contribution in [3.05, 3.63) is 29.3 Å². The average Bonchev–Trinajstić information content (AvgIpc) is 2.78. The van der Waals surface area contributed by atoms with Gasteiger partial charge in [-0.25, -0.2) is 21.6 Å². The van der Waals surface area contributed by atoms with Crippen molar-refractivity contribution in [2.24, 2.45) is 0 Å². The first-order valence-electron chi connectivity index (χ1n) is 6.93. The number of benzene rings is 1. The Labute approximate surface area is 140 Å². The van der Waals surface area contributed by atoms with Gasteiger partial charge in [-0.15, -0.1) is 0 Å². The van der Waals surface area contributed by atoms with E-state index in [0.717, 1.165) is 0 Å². The summed E-state index contributed by atoms with van der Waals surface area (Å²) in [6.45, 7) is -0.0732. The third-order valence-corrected chi connectivity index (χ3v) is 6.86. The van der Waals surface area contributed by atoms with Crippen LogP contribution in [0.1, 0.15) is 12.8 Å². The molecule has 0 saturated carbocycles. The van der Waals surface area contributed by atoms with Gasteiger partial charge in [0.25, 0.3) is 0 Å². The number of nitrogens with one attached hydrogen (secondary N) is 2. The van der Waals surface area contributed by atoms with E-state index >= 15 is 0 Å². The van der Waals surface area contributed by atoms with Gasteiger partial charge in [0, 0.05) is 24.0 Å². The Balaban J connectivity index is 1.80. The summed E-state index contributed by atoms with van der Waals surface area (Å²) >= 11 is 5.70. The molecule has 1 aliphatic rings. The Morgan fingerprint density at radius 1 is 1.26 bits per heavy atom. The lowest BCUT2D eigenvalue weighted by atomic mass is 10.2. The molecule has 10 heteroatoms. The molecular weight excluding hydrogens is 364 g/mol. The Hall–Kier alpha value is -1.16. The van der Waals surface area contributed by atoms with Crippen LogP contribution in [-0.4, -0.2) is 46.8 Å². The van der Waals surface area contributed by atoms with Crippen molar-refractivity contribution in [2.45, 2.75) is 23.8 Å². The molecule has 7 nitrogen and oxygen atoms in total.